The average Bonchev–Trinajstić information content (AvgIpc) is 3.10. The van der Waals surface area contributed by atoms with E-state index in [-0.39, 0.29) is 0 Å². The number of hydrogen-bond donors (Lipinski definition) is 0. The van der Waals surface area contributed by atoms with Gasteiger partial charge in [0.2, 0.25) is 0 Å². The van der Waals surface area contributed by atoms with E-state index in [9.17, 15) is 0 Å². The van der Waals surface area contributed by atoms with Crippen molar-refractivity contribution in [2.45, 2.75) is 57.5 Å². The van der Waals surface area contributed by atoms with E-state index in [2.05, 4.69) is 34.4 Å². The molecule has 0 radical (unpaired) electrons. The summed E-state index contributed by atoms with van der Waals surface area (Å²) in [6.07, 6.45) is 11.7. The lowest BCUT2D eigenvalue weighted by Gasteiger charge is -2.28. The van der Waals surface area contributed by atoms with Crippen LogP contribution in [0.5, 0.6) is 0 Å². The number of pyridine rings is 1. The van der Waals surface area contributed by atoms with Crippen LogP contribution in [0.1, 0.15) is 60.8 Å². The smallest absolute Gasteiger partial charge is 0.131 e. The molecule has 1 saturated carbocycles. The first kappa shape index (κ1) is 15.9. The van der Waals surface area contributed by atoms with Gasteiger partial charge in [-0.1, -0.05) is 25.3 Å². The van der Waals surface area contributed by atoms with Crippen LogP contribution in [0.4, 0.5) is 0 Å². The Kier molecular flexibility index (Phi) is 4.17. The van der Waals surface area contributed by atoms with Crippen molar-refractivity contribution in [3.05, 3.63) is 59.4 Å². The normalized spacial score (nSPS) is 18.9. The van der Waals surface area contributed by atoms with Gasteiger partial charge in [-0.15, -0.1) is 0 Å². The Bertz CT molecular complexity index is 877. The van der Waals surface area contributed by atoms with Gasteiger partial charge in [0, 0.05) is 55.6 Å². The van der Waals surface area contributed by atoms with Gasteiger partial charge in [0.25, 0.3) is 0 Å². The topological polar surface area (TPSA) is 46.3 Å². The molecule has 5 heteroatoms. The molecule has 0 amide bonds. The molecule has 0 bridgehead atoms. The molecule has 1 aliphatic carbocycles. The highest BCUT2D eigenvalue weighted by atomic mass is 15.2. The fourth-order valence-corrected chi connectivity index (χ4v) is 4.38. The molecule has 0 spiro atoms. The molecule has 0 aromatic carbocycles. The predicted octanol–water partition coefficient (Wildman–Crippen LogP) is 3.73. The molecule has 0 N–H and O–H groups in total. The summed E-state index contributed by atoms with van der Waals surface area (Å²) in [5, 5.41) is 4.68. The highest BCUT2D eigenvalue weighted by Gasteiger charge is 2.23. The Morgan fingerprint density at radius 2 is 2.04 bits per heavy atom. The van der Waals surface area contributed by atoms with Crippen molar-refractivity contribution in [3.8, 4) is 0 Å². The van der Waals surface area contributed by atoms with Crippen LogP contribution in [0.2, 0.25) is 0 Å². The minimum atomic E-state index is 0.588. The van der Waals surface area contributed by atoms with Crippen molar-refractivity contribution < 1.29 is 0 Å². The predicted molar refractivity (Wildman–Crippen MR) is 101 cm³/mol. The van der Waals surface area contributed by atoms with Gasteiger partial charge in [0.1, 0.15) is 5.82 Å². The lowest BCUT2D eigenvalue weighted by molar-refractivity contribution is 0.239. The molecule has 1 fully saturated rings. The second kappa shape index (κ2) is 6.80. The maximum absolute atomic E-state index is 4.96. The lowest BCUT2D eigenvalue weighted by Crippen LogP contribution is -2.31. The fraction of sp³-hybridized carbons (Fsp3) is 0.476. The lowest BCUT2D eigenvalue weighted by atomic mass is 9.88. The molecule has 0 saturated heterocycles. The van der Waals surface area contributed by atoms with Crippen molar-refractivity contribution in [1.29, 1.82) is 0 Å². The van der Waals surface area contributed by atoms with Gasteiger partial charge < -0.3 is 0 Å². The molecule has 134 valence electrons. The molecular formula is C21H25N5. The van der Waals surface area contributed by atoms with Gasteiger partial charge in [-0.25, -0.2) is 14.5 Å². The molecule has 5 nitrogen and oxygen atoms in total. The van der Waals surface area contributed by atoms with Crippen LogP contribution in [0.15, 0.2) is 36.7 Å². The zero-order chi connectivity index (χ0) is 17.3. The van der Waals surface area contributed by atoms with E-state index < -0.39 is 0 Å². The van der Waals surface area contributed by atoms with Crippen LogP contribution in [0.3, 0.4) is 0 Å². The van der Waals surface area contributed by atoms with E-state index in [4.69, 9.17) is 9.97 Å². The maximum atomic E-state index is 4.96. The van der Waals surface area contributed by atoms with Gasteiger partial charge in [-0.3, -0.25) is 4.90 Å². The summed E-state index contributed by atoms with van der Waals surface area (Å²) < 4.78 is 1.95. The highest BCUT2D eigenvalue weighted by molar-refractivity contribution is 5.46. The summed E-state index contributed by atoms with van der Waals surface area (Å²) in [5.41, 5.74) is 4.84. The molecular weight excluding hydrogens is 322 g/mol. The molecule has 5 rings (SSSR count). The average molecular weight is 347 g/mol. The monoisotopic (exact) mass is 347 g/mol. The number of aromatic nitrogens is 4. The molecule has 4 heterocycles. The van der Waals surface area contributed by atoms with E-state index in [0.29, 0.717) is 5.92 Å². The van der Waals surface area contributed by atoms with Gasteiger partial charge in [0.15, 0.2) is 0 Å². The Hall–Kier alpha value is -2.27. The summed E-state index contributed by atoms with van der Waals surface area (Å²) in [6, 6.07) is 8.35. The van der Waals surface area contributed by atoms with Crippen LogP contribution in [0, 0.1) is 0 Å². The van der Waals surface area contributed by atoms with Crippen LogP contribution < -0.4 is 0 Å². The molecule has 3 aromatic rings. The zero-order valence-corrected chi connectivity index (χ0v) is 15.1. The van der Waals surface area contributed by atoms with E-state index in [1.807, 2.05) is 16.8 Å². The fourth-order valence-electron chi connectivity index (χ4n) is 4.38. The third-order valence-electron chi connectivity index (χ3n) is 5.81. The van der Waals surface area contributed by atoms with Gasteiger partial charge in [0.05, 0.1) is 11.2 Å². The first-order valence-corrected chi connectivity index (χ1v) is 9.85. The molecule has 3 aromatic heterocycles. The molecule has 0 atom stereocenters. The molecule has 26 heavy (non-hydrogen) atoms. The zero-order valence-electron chi connectivity index (χ0n) is 15.1. The number of fused-ring (bicyclic) bond motifs is 2. The summed E-state index contributed by atoms with van der Waals surface area (Å²) in [5.74, 6) is 1.68. The van der Waals surface area contributed by atoms with Crippen molar-refractivity contribution in [1.82, 2.24) is 24.5 Å². The molecule has 2 aliphatic rings. The summed E-state index contributed by atoms with van der Waals surface area (Å²) in [4.78, 5) is 12.1. The van der Waals surface area contributed by atoms with Crippen LogP contribution in [0.25, 0.3) is 5.52 Å². The first-order chi connectivity index (χ1) is 12.8. The van der Waals surface area contributed by atoms with Gasteiger partial charge in [-0.05, 0) is 31.0 Å². The first-order valence-electron chi connectivity index (χ1n) is 9.85. The summed E-state index contributed by atoms with van der Waals surface area (Å²) in [6.45, 7) is 2.85. The summed E-state index contributed by atoms with van der Waals surface area (Å²) in [7, 11) is 0. The largest absolute Gasteiger partial charge is 0.293 e. The van der Waals surface area contributed by atoms with E-state index >= 15 is 0 Å². The highest BCUT2D eigenvalue weighted by Crippen LogP contribution is 2.31. The quantitative estimate of drug-likeness (QED) is 0.724. The Balaban J connectivity index is 1.30. The van der Waals surface area contributed by atoms with Crippen molar-refractivity contribution in [3.63, 3.8) is 0 Å². The Morgan fingerprint density at radius 3 is 2.92 bits per heavy atom. The van der Waals surface area contributed by atoms with E-state index in [1.165, 1.54) is 43.4 Å². The third-order valence-corrected chi connectivity index (χ3v) is 5.81. The van der Waals surface area contributed by atoms with E-state index in [0.717, 1.165) is 43.1 Å². The Morgan fingerprint density at radius 1 is 1.12 bits per heavy atom. The summed E-state index contributed by atoms with van der Waals surface area (Å²) >= 11 is 0. The molecule has 1 aliphatic heterocycles. The van der Waals surface area contributed by atoms with Crippen LogP contribution >= 0.6 is 0 Å². The van der Waals surface area contributed by atoms with Crippen molar-refractivity contribution in [2.75, 3.05) is 6.54 Å². The van der Waals surface area contributed by atoms with Crippen molar-refractivity contribution >= 4 is 5.52 Å². The van der Waals surface area contributed by atoms with Crippen LogP contribution in [-0.2, 0) is 19.5 Å². The maximum Gasteiger partial charge on any atom is 0.131 e. The van der Waals surface area contributed by atoms with Gasteiger partial charge >= 0.3 is 0 Å². The molecule has 0 unspecified atom stereocenters. The third kappa shape index (κ3) is 3.12. The second-order valence-corrected chi connectivity index (χ2v) is 7.70. The minimum Gasteiger partial charge on any atom is -0.293 e. The van der Waals surface area contributed by atoms with Crippen molar-refractivity contribution in [2.24, 2.45) is 0 Å². The minimum absolute atomic E-state index is 0.588. The standard InChI is InChI=1S/C21H25N5/c1-2-6-16(7-3-1)21-22-13-17-14-25(11-9-20(17)23-21)15-18-12-19-8-4-5-10-26(19)24-18/h4-5,8,10,12-13,16H,1-3,6-7,9,11,14-15H2. The Labute approximate surface area is 154 Å². The number of nitrogens with zero attached hydrogens (tertiary/aromatic N) is 5. The SMILES string of the molecule is c1ccn2nc(CN3CCc4nc(C5CCCCC5)ncc4C3)cc2c1. The second-order valence-electron chi connectivity index (χ2n) is 7.70. The van der Waals surface area contributed by atoms with E-state index in [1.54, 1.807) is 0 Å². The van der Waals surface area contributed by atoms with Crippen LogP contribution in [-0.4, -0.2) is 31.0 Å². The van der Waals surface area contributed by atoms with Gasteiger partial charge in [-0.2, -0.15) is 5.10 Å². The number of rotatable bonds is 3. The number of hydrogen-bond acceptors (Lipinski definition) is 4.